The molecular weight excluding hydrogens is 338 g/mol. The second kappa shape index (κ2) is 8.76. The summed E-state index contributed by atoms with van der Waals surface area (Å²) in [6.07, 6.45) is 1.69. The van der Waals surface area contributed by atoms with E-state index in [0.29, 0.717) is 5.56 Å². The second-order valence-electron chi connectivity index (χ2n) is 6.22. The standard InChI is InChI=1S/C22H21N3O2/c1-16-8-7-11-18(14-16)22(27)24-15-20(26)25-21(17-9-3-2-4-10-17)19-12-5-6-13-23-19/h2-14,21H,15H2,1H3,(H,24,27)(H,25,26). The number of nitrogens with one attached hydrogen (secondary N) is 2. The number of aryl methyl sites for hydroxylation is 1. The number of nitrogens with zero attached hydrogens (tertiary/aromatic N) is 1. The van der Waals surface area contributed by atoms with Crippen LogP contribution in [-0.2, 0) is 4.79 Å². The van der Waals surface area contributed by atoms with Crippen LogP contribution in [0.2, 0.25) is 0 Å². The van der Waals surface area contributed by atoms with Crippen LogP contribution in [0.5, 0.6) is 0 Å². The first-order valence-corrected chi connectivity index (χ1v) is 8.73. The molecule has 0 aliphatic heterocycles. The molecule has 1 unspecified atom stereocenters. The van der Waals surface area contributed by atoms with E-state index in [2.05, 4.69) is 15.6 Å². The van der Waals surface area contributed by atoms with Gasteiger partial charge in [0.25, 0.3) is 5.91 Å². The zero-order chi connectivity index (χ0) is 19.1. The molecule has 3 rings (SSSR count). The molecule has 0 fully saturated rings. The summed E-state index contributed by atoms with van der Waals surface area (Å²) in [5.74, 6) is -0.557. The molecule has 3 aromatic rings. The van der Waals surface area contributed by atoms with E-state index in [1.807, 2.05) is 67.6 Å². The zero-order valence-electron chi connectivity index (χ0n) is 15.1. The quantitative estimate of drug-likeness (QED) is 0.711. The van der Waals surface area contributed by atoms with E-state index >= 15 is 0 Å². The summed E-state index contributed by atoms with van der Waals surface area (Å²) in [5, 5.41) is 5.61. The molecule has 5 nitrogen and oxygen atoms in total. The molecule has 2 aromatic carbocycles. The van der Waals surface area contributed by atoms with Crippen molar-refractivity contribution in [1.82, 2.24) is 15.6 Å². The number of carbonyl (C=O) groups is 2. The summed E-state index contributed by atoms with van der Waals surface area (Å²) in [7, 11) is 0. The van der Waals surface area contributed by atoms with Gasteiger partial charge in [-0.3, -0.25) is 14.6 Å². The van der Waals surface area contributed by atoms with Crippen LogP contribution < -0.4 is 10.6 Å². The third-order valence-electron chi connectivity index (χ3n) is 4.11. The Hall–Kier alpha value is -3.47. The van der Waals surface area contributed by atoms with Crippen LogP contribution in [0.1, 0.15) is 33.2 Å². The number of benzene rings is 2. The first kappa shape index (κ1) is 18.3. The van der Waals surface area contributed by atoms with Crippen molar-refractivity contribution in [3.05, 3.63) is 101 Å². The predicted molar refractivity (Wildman–Crippen MR) is 104 cm³/mol. The van der Waals surface area contributed by atoms with Gasteiger partial charge in [0.1, 0.15) is 0 Å². The van der Waals surface area contributed by atoms with Crippen LogP contribution in [0.4, 0.5) is 0 Å². The normalized spacial score (nSPS) is 11.4. The molecular formula is C22H21N3O2. The molecule has 27 heavy (non-hydrogen) atoms. The molecule has 0 spiro atoms. The molecule has 136 valence electrons. The van der Waals surface area contributed by atoms with Crippen molar-refractivity contribution in [3.63, 3.8) is 0 Å². The van der Waals surface area contributed by atoms with Crippen LogP contribution in [-0.4, -0.2) is 23.3 Å². The van der Waals surface area contributed by atoms with E-state index in [9.17, 15) is 9.59 Å². The zero-order valence-corrected chi connectivity index (χ0v) is 15.1. The van der Waals surface area contributed by atoms with Gasteiger partial charge < -0.3 is 10.6 Å². The summed E-state index contributed by atoms with van der Waals surface area (Å²) >= 11 is 0. The largest absolute Gasteiger partial charge is 0.343 e. The Balaban J connectivity index is 1.67. The Morgan fingerprint density at radius 3 is 2.44 bits per heavy atom. The molecule has 5 heteroatoms. The van der Waals surface area contributed by atoms with Gasteiger partial charge in [0.2, 0.25) is 5.91 Å². The molecule has 1 aromatic heterocycles. The molecule has 1 heterocycles. The maximum absolute atomic E-state index is 12.4. The molecule has 0 saturated heterocycles. The van der Waals surface area contributed by atoms with E-state index in [-0.39, 0.29) is 24.4 Å². The second-order valence-corrected chi connectivity index (χ2v) is 6.22. The third kappa shape index (κ3) is 5.01. The van der Waals surface area contributed by atoms with Crippen LogP contribution in [0.15, 0.2) is 79.0 Å². The molecule has 0 saturated carbocycles. The highest BCUT2D eigenvalue weighted by atomic mass is 16.2. The number of pyridine rings is 1. The predicted octanol–water partition coefficient (Wildman–Crippen LogP) is 3.03. The van der Waals surface area contributed by atoms with Crippen molar-refractivity contribution in [3.8, 4) is 0 Å². The topological polar surface area (TPSA) is 71.1 Å². The lowest BCUT2D eigenvalue weighted by Crippen LogP contribution is -2.39. The van der Waals surface area contributed by atoms with Crippen molar-refractivity contribution in [1.29, 1.82) is 0 Å². The lowest BCUT2D eigenvalue weighted by Gasteiger charge is -2.19. The van der Waals surface area contributed by atoms with Crippen LogP contribution in [0.25, 0.3) is 0 Å². The third-order valence-corrected chi connectivity index (χ3v) is 4.11. The fourth-order valence-corrected chi connectivity index (χ4v) is 2.78. The average molecular weight is 359 g/mol. The molecule has 2 N–H and O–H groups in total. The Kier molecular flexibility index (Phi) is 5.94. The van der Waals surface area contributed by atoms with E-state index in [1.54, 1.807) is 18.3 Å². The number of aromatic nitrogens is 1. The Morgan fingerprint density at radius 1 is 0.963 bits per heavy atom. The van der Waals surface area contributed by atoms with E-state index < -0.39 is 0 Å². The first-order chi connectivity index (χ1) is 13.1. The van der Waals surface area contributed by atoms with Crippen molar-refractivity contribution in [2.75, 3.05) is 6.54 Å². The fourth-order valence-electron chi connectivity index (χ4n) is 2.78. The number of hydrogen-bond acceptors (Lipinski definition) is 3. The van der Waals surface area contributed by atoms with E-state index in [1.165, 1.54) is 0 Å². The maximum atomic E-state index is 12.4. The summed E-state index contributed by atoms with van der Waals surface area (Å²) in [5.41, 5.74) is 3.19. The number of carbonyl (C=O) groups excluding carboxylic acids is 2. The van der Waals surface area contributed by atoms with Crippen molar-refractivity contribution in [2.45, 2.75) is 13.0 Å². The van der Waals surface area contributed by atoms with Crippen LogP contribution >= 0.6 is 0 Å². The number of rotatable bonds is 6. The van der Waals surface area contributed by atoms with Gasteiger partial charge in [0.05, 0.1) is 18.3 Å². The van der Waals surface area contributed by atoms with Crippen LogP contribution in [0.3, 0.4) is 0 Å². The summed E-state index contributed by atoms with van der Waals surface area (Å²) in [6.45, 7) is 1.81. The minimum Gasteiger partial charge on any atom is -0.343 e. The van der Waals surface area contributed by atoms with Gasteiger partial charge in [-0.25, -0.2) is 0 Å². The summed E-state index contributed by atoms with van der Waals surface area (Å²) in [4.78, 5) is 29.0. The highest BCUT2D eigenvalue weighted by Crippen LogP contribution is 2.19. The molecule has 0 aliphatic rings. The average Bonchev–Trinajstić information content (AvgIpc) is 2.71. The first-order valence-electron chi connectivity index (χ1n) is 8.73. The molecule has 0 bridgehead atoms. The van der Waals surface area contributed by atoms with Gasteiger partial charge in [0, 0.05) is 11.8 Å². The summed E-state index contributed by atoms with van der Waals surface area (Å²) in [6, 6.07) is 22.1. The highest BCUT2D eigenvalue weighted by Gasteiger charge is 2.18. The van der Waals surface area contributed by atoms with Gasteiger partial charge in [-0.05, 0) is 36.8 Å². The Labute approximate surface area is 158 Å². The summed E-state index contributed by atoms with van der Waals surface area (Å²) < 4.78 is 0. The Morgan fingerprint density at radius 2 is 1.74 bits per heavy atom. The lowest BCUT2D eigenvalue weighted by atomic mass is 10.0. The van der Waals surface area contributed by atoms with Gasteiger partial charge in [-0.1, -0.05) is 54.1 Å². The number of hydrogen-bond donors (Lipinski definition) is 2. The minimum absolute atomic E-state index is 0.108. The molecule has 1 atom stereocenters. The smallest absolute Gasteiger partial charge is 0.251 e. The van der Waals surface area contributed by atoms with Crippen molar-refractivity contribution >= 4 is 11.8 Å². The molecule has 0 aliphatic carbocycles. The van der Waals surface area contributed by atoms with E-state index in [4.69, 9.17) is 0 Å². The van der Waals surface area contributed by atoms with Gasteiger partial charge in [0.15, 0.2) is 0 Å². The molecule has 0 radical (unpaired) electrons. The van der Waals surface area contributed by atoms with Crippen LogP contribution in [0, 0.1) is 6.92 Å². The monoisotopic (exact) mass is 359 g/mol. The fraction of sp³-hybridized carbons (Fsp3) is 0.136. The lowest BCUT2D eigenvalue weighted by molar-refractivity contribution is -0.120. The van der Waals surface area contributed by atoms with Gasteiger partial charge in [-0.15, -0.1) is 0 Å². The van der Waals surface area contributed by atoms with Crippen molar-refractivity contribution < 1.29 is 9.59 Å². The SMILES string of the molecule is Cc1cccc(C(=O)NCC(=O)NC(c2ccccc2)c2ccccn2)c1. The minimum atomic E-state index is -0.379. The Bertz CT molecular complexity index is 872. The van der Waals surface area contributed by atoms with Crippen molar-refractivity contribution in [2.24, 2.45) is 0 Å². The molecule has 2 amide bonds. The van der Waals surface area contributed by atoms with Gasteiger partial charge >= 0.3 is 0 Å². The number of amides is 2. The van der Waals surface area contributed by atoms with Gasteiger partial charge in [-0.2, -0.15) is 0 Å². The maximum Gasteiger partial charge on any atom is 0.251 e. The van der Waals surface area contributed by atoms with E-state index in [0.717, 1.165) is 16.8 Å². The highest BCUT2D eigenvalue weighted by molar-refractivity contribution is 5.96.